The van der Waals surface area contributed by atoms with Crippen molar-refractivity contribution in [2.45, 2.75) is 39.9 Å². The third-order valence-electron chi connectivity index (χ3n) is 4.96. The van der Waals surface area contributed by atoms with Crippen molar-refractivity contribution in [3.8, 4) is 5.82 Å². The van der Waals surface area contributed by atoms with Crippen molar-refractivity contribution >= 4 is 0 Å². The van der Waals surface area contributed by atoms with E-state index in [9.17, 15) is 0 Å². The van der Waals surface area contributed by atoms with Crippen LogP contribution >= 0.6 is 0 Å². The van der Waals surface area contributed by atoms with E-state index in [0.29, 0.717) is 0 Å². The molecule has 0 N–H and O–H groups in total. The molecule has 0 radical (unpaired) electrons. The van der Waals surface area contributed by atoms with Crippen LogP contribution in [0.5, 0.6) is 0 Å². The third-order valence-corrected chi connectivity index (χ3v) is 4.96. The molecular formula is C23H27N5O. The molecule has 0 aliphatic carbocycles. The molecule has 0 amide bonds. The van der Waals surface area contributed by atoms with Crippen molar-refractivity contribution in [3.05, 3.63) is 90.3 Å². The van der Waals surface area contributed by atoms with Gasteiger partial charge in [-0.2, -0.15) is 0 Å². The summed E-state index contributed by atoms with van der Waals surface area (Å²) in [5, 5.41) is 0. The molecule has 4 heterocycles. The molecular weight excluding hydrogens is 362 g/mol. The molecule has 0 bridgehead atoms. The average molecular weight is 390 g/mol. The fourth-order valence-corrected chi connectivity index (χ4v) is 3.56. The summed E-state index contributed by atoms with van der Waals surface area (Å²) in [5.41, 5.74) is 2.24. The van der Waals surface area contributed by atoms with E-state index in [1.165, 1.54) is 5.69 Å². The Labute approximate surface area is 171 Å². The summed E-state index contributed by atoms with van der Waals surface area (Å²) in [7, 11) is 0. The van der Waals surface area contributed by atoms with E-state index < -0.39 is 0 Å². The molecule has 0 saturated heterocycles. The average Bonchev–Trinajstić information content (AvgIpc) is 3.45. The topological polar surface area (TPSA) is 52.0 Å². The molecule has 6 nitrogen and oxygen atoms in total. The van der Waals surface area contributed by atoms with Gasteiger partial charge in [-0.05, 0) is 56.7 Å². The number of nitrogens with zero attached hydrogens (tertiary/aromatic N) is 5. The molecule has 150 valence electrons. The lowest BCUT2D eigenvalue weighted by Gasteiger charge is -2.22. The maximum Gasteiger partial charge on any atom is 0.137 e. The third kappa shape index (κ3) is 5.03. The number of furan rings is 1. The van der Waals surface area contributed by atoms with Gasteiger partial charge in [-0.1, -0.05) is 6.07 Å². The van der Waals surface area contributed by atoms with E-state index >= 15 is 0 Å². The summed E-state index contributed by atoms with van der Waals surface area (Å²) >= 11 is 0. The fraction of sp³-hybridized carbons (Fsp3) is 0.304. The highest BCUT2D eigenvalue weighted by Crippen LogP contribution is 2.17. The summed E-state index contributed by atoms with van der Waals surface area (Å²) < 4.78 is 10.1. The quantitative estimate of drug-likeness (QED) is 0.426. The Morgan fingerprint density at radius 1 is 1.00 bits per heavy atom. The van der Waals surface area contributed by atoms with Crippen LogP contribution in [0.1, 0.15) is 29.3 Å². The first-order valence-corrected chi connectivity index (χ1v) is 10.0. The summed E-state index contributed by atoms with van der Waals surface area (Å²) in [6, 6.07) is 14.5. The number of hydrogen-bond donors (Lipinski definition) is 0. The van der Waals surface area contributed by atoms with E-state index in [4.69, 9.17) is 4.42 Å². The second kappa shape index (κ2) is 8.92. The van der Waals surface area contributed by atoms with Crippen LogP contribution < -0.4 is 0 Å². The van der Waals surface area contributed by atoms with E-state index in [1.54, 1.807) is 0 Å². The zero-order valence-electron chi connectivity index (χ0n) is 17.0. The zero-order valence-corrected chi connectivity index (χ0v) is 17.0. The number of hydrogen-bond acceptors (Lipinski definition) is 4. The molecule has 0 aromatic carbocycles. The van der Waals surface area contributed by atoms with Crippen molar-refractivity contribution in [3.63, 3.8) is 0 Å². The normalized spacial score (nSPS) is 11.4. The molecule has 4 rings (SSSR count). The molecule has 0 unspecified atom stereocenters. The van der Waals surface area contributed by atoms with Gasteiger partial charge in [-0.3, -0.25) is 4.90 Å². The highest BCUT2D eigenvalue weighted by Gasteiger charge is 2.13. The number of pyridine rings is 1. The number of aryl methyl sites for hydroxylation is 3. The fourth-order valence-electron chi connectivity index (χ4n) is 3.56. The molecule has 0 atom stereocenters. The van der Waals surface area contributed by atoms with Gasteiger partial charge in [0, 0.05) is 49.6 Å². The van der Waals surface area contributed by atoms with E-state index in [1.807, 2.05) is 44.7 Å². The Kier molecular flexibility index (Phi) is 5.91. The molecule has 6 heteroatoms. The minimum atomic E-state index is 0.782. The van der Waals surface area contributed by atoms with Crippen LogP contribution in [0.3, 0.4) is 0 Å². The van der Waals surface area contributed by atoms with Gasteiger partial charge >= 0.3 is 0 Å². The summed E-state index contributed by atoms with van der Waals surface area (Å²) in [4.78, 5) is 11.2. The first-order valence-electron chi connectivity index (χ1n) is 10.0. The Hall–Kier alpha value is -3.12. The van der Waals surface area contributed by atoms with Crippen LogP contribution in [-0.4, -0.2) is 30.5 Å². The molecule has 0 aliphatic rings. The second-order valence-corrected chi connectivity index (χ2v) is 7.38. The van der Waals surface area contributed by atoms with Crippen LogP contribution in [0.15, 0.2) is 71.8 Å². The number of imidazole rings is 1. The molecule has 0 saturated carbocycles. The van der Waals surface area contributed by atoms with Crippen LogP contribution in [0, 0.1) is 13.8 Å². The Bertz CT molecular complexity index is 1030. The molecule has 4 aromatic rings. The van der Waals surface area contributed by atoms with Gasteiger partial charge < -0.3 is 13.6 Å². The smallest absolute Gasteiger partial charge is 0.137 e. The van der Waals surface area contributed by atoms with Gasteiger partial charge in [0.05, 0.1) is 12.9 Å². The Balaban J connectivity index is 1.49. The van der Waals surface area contributed by atoms with E-state index in [2.05, 4.69) is 60.5 Å². The number of aromatic nitrogens is 4. The molecule has 29 heavy (non-hydrogen) atoms. The lowest BCUT2D eigenvalue weighted by atomic mass is 10.3. The Morgan fingerprint density at radius 3 is 2.69 bits per heavy atom. The largest absolute Gasteiger partial charge is 0.465 e. The Morgan fingerprint density at radius 2 is 1.93 bits per heavy atom. The molecule has 4 aromatic heterocycles. The number of rotatable bonds is 9. The van der Waals surface area contributed by atoms with Crippen molar-refractivity contribution in [1.82, 2.24) is 24.0 Å². The lowest BCUT2D eigenvalue weighted by Crippen LogP contribution is -2.26. The van der Waals surface area contributed by atoms with Crippen LogP contribution in [0.2, 0.25) is 0 Å². The van der Waals surface area contributed by atoms with Crippen molar-refractivity contribution in [1.29, 1.82) is 0 Å². The van der Waals surface area contributed by atoms with Crippen molar-refractivity contribution in [2.75, 3.05) is 6.54 Å². The summed E-state index contributed by atoms with van der Waals surface area (Å²) in [6.07, 6.45) is 8.83. The van der Waals surface area contributed by atoms with E-state index in [0.717, 1.165) is 55.6 Å². The minimum Gasteiger partial charge on any atom is -0.465 e. The van der Waals surface area contributed by atoms with Gasteiger partial charge in [0.1, 0.15) is 17.3 Å². The van der Waals surface area contributed by atoms with Gasteiger partial charge in [-0.15, -0.1) is 0 Å². The van der Waals surface area contributed by atoms with Crippen molar-refractivity contribution < 1.29 is 4.42 Å². The maximum absolute atomic E-state index is 5.84. The standard InChI is InChI=1S/C23H27N5O/c1-19-6-3-8-23(25-19)28-14-4-7-21(28)16-27(17-22-10-9-20(2)29-22)13-5-12-26-15-11-24-18-26/h3-4,6-11,14-15,18H,5,12-13,16-17H2,1-2H3. The first kappa shape index (κ1) is 19.2. The van der Waals surface area contributed by atoms with Crippen LogP contribution in [0.4, 0.5) is 0 Å². The predicted octanol–water partition coefficient (Wildman–Crippen LogP) is 4.37. The van der Waals surface area contributed by atoms with Gasteiger partial charge in [0.15, 0.2) is 0 Å². The summed E-state index contributed by atoms with van der Waals surface area (Å²) in [6.45, 7) is 7.53. The summed E-state index contributed by atoms with van der Waals surface area (Å²) in [5.74, 6) is 2.90. The molecule has 0 fully saturated rings. The van der Waals surface area contributed by atoms with Gasteiger partial charge in [-0.25, -0.2) is 9.97 Å². The SMILES string of the molecule is Cc1cccc(-n2cccc2CN(CCCn2ccnc2)Cc2ccc(C)o2)n1. The second-order valence-electron chi connectivity index (χ2n) is 7.38. The molecule has 0 spiro atoms. The highest BCUT2D eigenvalue weighted by molar-refractivity contribution is 5.29. The van der Waals surface area contributed by atoms with Crippen LogP contribution in [-0.2, 0) is 19.6 Å². The predicted molar refractivity (Wildman–Crippen MR) is 113 cm³/mol. The van der Waals surface area contributed by atoms with Gasteiger partial charge in [0.2, 0.25) is 0 Å². The molecule has 0 aliphatic heterocycles. The monoisotopic (exact) mass is 389 g/mol. The highest BCUT2D eigenvalue weighted by atomic mass is 16.3. The maximum atomic E-state index is 5.84. The van der Waals surface area contributed by atoms with Crippen LogP contribution in [0.25, 0.3) is 5.82 Å². The van der Waals surface area contributed by atoms with Crippen molar-refractivity contribution in [2.24, 2.45) is 0 Å². The lowest BCUT2D eigenvalue weighted by molar-refractivity contribution is 0.224. The minimum absolute atomic E-state index is 0.782. The zero-order chi connectivity index (χ0) is 20.1. The van der Waals surface area contributed by atoms with E-state index in [-0.39, 0.29) is 0 Å². The van der Waals surface area contributed by atoms with Gasteiger partial charge in [0.25, 0.3) is 0 Å². The first-order chi connectivity index (χ1) is 14.2.